The van der Waals surface area contributed by atoms with Crippen molar-refractivity contribution in [3.8, 4) is 5.75 Å². The van der Waals surface area contributed by atoms with Crippen molar-refractivity contribution in [1.29, 1.82) is 0 Å². The molecule has 1 aromatic rings. The Kier molecular flexibility index (Phi) is 5.12. The number of halogens is 4. The molecule has 0 spiro atoms. The summed E-state index contributed by atoms with van der Waals surface area (Å²) >= 11 is 0. The van der Waals surface area contributed by atoms with Gasteiger partial charge in [-0.05, 0) is 0 Å². The number of alkyl halides is 4. The normalized spacial score (nSPS) is 13.9. The van der Waals surface area contributed by atoms with Crippen LogP contribution in [0.3, 0.4) is 0 Å². The van der Waals surface area contributed by atoms with E-state index in [1.807, 2.05) is 0 Å². The van der Waals surface area contributed by atoms with Crippen molar-refractivity contribution in [3.63, 3.8) is 0 Å². The maximum atomic E-state index is 12.6. The molecule has 1 heterocycles. The Bertz CT molecular complexity index is 411. The molecule has 0 aliphatic carbocycles. The first-order valence-corrected chi connectivity index (χ1v) is 5.34. The van der Waals surface area contributed by atoms with E-state index in [0.717, 1.165) is 0 Å². The fraction of sp³-hybridized carbons (Fsp3) is 0.700. The predicted molar refractivity (Wildman–Crippen MR) is 58.5 cm³/mol. The molecule has 0 amide bonds. The van der Waals surface area contributed by atoms with Crippen LogP contribution in [-0.4, -0.2) is 42.5 Å². The Labute approximate surface area is 107 Å². The summed E-state index contributed by atoms with van der Waals surface area (Å²) in [6.07, 6.45) is -2.36. The average Bonchev–Trinajstić information content (AvgIpc) is 2.69. The predicted octanol–water partition coefficient (Wildman–Crippen LogP) is 1.35. The van der Waals surface area contributed by atoms with Gasteiger partial charge in [0.25, 0.3) is 0 Å². The molecule has 0 bridgehead atoms. The van der Waals surface area contributed by atoms with Gasteiger partial charge in [-0.1, -0.05) is 0 Å². The van der Waals surface area contributed by atoms with Gasteiger partial charge in [-0.2, -0.15) is 13.9 Å². The van der Waals surface area contributed by atoms with Crippen molar-refractivity contribution in [3.05, 3.63) is 11.9 Å². The molecule has 110 valence electrons. The van der Waals surface area contributed by atoms with Crippen LogP contribution >= 0.6 is 0 Å². The maximum absolute atomic E-state index is 12.6. The van der Waals surface area contributed by atoms with E-state index < -0.39 is 25.0 Å². The fourth-order valence-corrected chi connectivity index (χ4v) is 1.47. The Hall–Kier alpha value is -1.35. The highest BCUT2D eigenvalue weighted by molar-refractivity contribution is 5.27. The third-order valence-corrected chi connectivity index (χ3v) is 2.43. The van der Waals surface area contributed by atoms with Crippen LogP contribution in [-0.2, 0) is 11.8 Å². The van der Waals surface area contributed by atoms with E-state index in [1.165, 1.54) is 18.0 Å². The minimum atomic E-state index is -4.18. The highest BCUT2D eigenvalue weighted by Crippen LogP contribution is 2.25. The second-order valence-electron chi connectivity index (χ2n) is 3.91. The largest absolute Gasteiger partial charge is 0.493 e. The first kappa shape index (κ1) is 15.7. The lowest BCUT2D eigenvalue weighted by Gasteiger charge is -2.18. The van der Waals surface area contributed by atoms with Crippen LogP contribution < -0.4 is 10.5 Å². The molecule has 2 N–H and O–H groups in total. The molecule has 9 heteroatoms. The molecule has 0 radical (unpaired) electrons. The average molecular weight is 285 g/mol. The van der Waals surface area contributed by atoms with Crippen LogP contribution in [0.25, 0.3) is 0 Å². The molecule has 0 fully saturated rings. The first-order chi connectivity index (χ1) is 8.79. The number of nitrogens with two attached hydrogens (primary N) is 1. The number of rotatable bonds is 7. The van der Waals surface area contributed by atoms with Crippen molar-refractivity contribution in [2.75, 3.05) is 20.3 Å². The van der Waals surface area contributed by atoms with Crippen LogP contribution in [0.1, 0.15) is 11.7 Å². The summed E-state index contributed by atoms with van der Waals surface area (Å²) in [5.41, 5.74) is 6.16. The van der Waals surface area contributed by atoms with Crippen LogP contribution in [0.5, 0.6) is 5.75 Å². The summed E-state index contributed by atoms with van der Waals surface area (Å²) in [4.78, 5) is 0. The van der Waals surface area contributed by atoms with E-state index in [4.69, 9.17) is 10.5 Å². The molecule has 1 rings (SSSR count). The van der Waals surface area contributed by atoms with Crippen LogP contribution in [0.15, 0.2) is 6.20 Å². The maximum Gasteiger partial charge on any atom is 0.330 e. The van der Waals surface area contributed by atoms with Crippen molar-refractivity contribution >= 4 is 0 Å². The van der Waals surface area contributed by atoms with E-state index in [-0.39, 0.29) is 6.61 Å². The van der Waals surface area contributed by atoms with Crippen molar-refractivity contribution < 1.29 is 27.0 Å². The molecule has 0 saturated heterocycles. The van der Waals surface area contributed by atoms with Gasteiger partial charge >= 0.3 is 12.3 Å². The van der Waals surface area contributed by atoms with Crippen molar-refractivity contribution in [2.24, 2.45) is 12.8 Å². The smallest absolute Gasteiger partial charge is 0.330 e. The molecule has 0 aromatic carbocycles. The summed E-state index contributed by atoms with van der Waals surface area (Å²) in [5.74, 6) is -3.81. The summed E-state index contributed by atoms with van der Waals surface area (Å²) in [5, 5.41) is 3.88. The molecule has 1 atom stereocenters. The van der Waals surface area contributed by atoms with Gasteiger partial charge in [0.15, 0.2) is 5.75 Å². The highest BCUT2D eigenvalue weighted by atomic mass is 19.3. The number of hydrogen-bond donors (Lipinski definition) is 1. The summed E-state index contributed by atoms with van der Waals surface area (Å²) < 4.78 is 59.9. The third-order valence-electron chi connectivity index (χ3n) is 2.43. The summed E-state index contributed by atoms with van der Waals surface area (Å²) in [7, 11) is 2.99. The minimum Gasteiger partial charge on any atom is -0.493 e. The molecule has 0 saturated carbocycles. The lowest BCUT2D eigenvalue weighted by molar-refractivity contribution is -0.166. The zero-order valence-electron chi connectivity index (χ0n) is 10.4. The van der Waals surface area contributed by atoms with E-state index in [2.05, 4.69) is 9.84 Å². The quantitative estimate of drug-likeness (QED) is 0.768. The van der Waals surface area contributed by atoms with Crippen molar-refractivity contribution in [2.45, 2.75) is 18.4 Å². The monoisotopic (exact) mass is 285 g/mol. The minimum absolute atomic E-state index is 0.349. The van der Waals surface area contributed by atoms with E-state index >= 15 is 0 Å². The molecular formula is C10H15F4N3O2. The molecule has 5 nitrogen and oxygen atoms in total. The molecule has 0 aliphatic heterocycles. The lowest BCUT2D eigenvalue weighted by Crippen LogP contribution is -2.34. The Balaban J connectivity index is 2.56. The van der Waals surface area contributed by atoms with Crippen LogP contribution in [0, 0.1) is 0 Å². The number of aryl methyl sites for hydroxylation is 1. The number of nitrogens with zero attached hydrogens (tertiary/aromatic N) is 2. The van der Waals surface area contributed by atoms with Crippen LogP contribution in [0.4, 0.5) is 17.6 Å². The molecule has 19 heavy (non-hydrogen) atoms. The molecule has 1 aromatic heterocycles. The number of ether oxygens (including phenoxy) is 2. The lowest BCUT2D eigenvalue weighted by atomic mass is 10.2. The molecule has 0 aliphatic rings. The number of methoxy groups -OCH3 is 1. The Morgan fingerprint density at radius 3 is 2.63 bits per heavy atom. The van der Waals surface area contributed by atoms with E-state index in [9.17, 15) is 17.6 Å². The highest BCUT2D eigenvalue weighted by Gasteiger charge is 2.41. The number of aromatic nitrogens is 2. The molecule has 1 unspecified atom stereocenters. The second kappa shape index (κ2) is 6.20. The summed E-state index contributed by atoms with van der Waals surface area (Å²) in [6.45, 7) is -1.74. The number of hydrogen-bond acceptors (Lipinski definition) is 4. The standard InChI is InChI=1S/C10H15F4N3O2/c1-17-8(7(18-2)3-16-17)6(15)4-19-5-10(13,14)9(11)12/h3,6,9H,4-5,15H2,1-2H3. The summed E-state index contributed by atoms with van der Waals surface area (Å²) in [6, 6.07) is -0.809. The Morgan fingerprint density at radius 1 is 1.47 bits per heavy atom. The van der Waals surface area contributed by atoms with Crippen LogP contribution in [0.2, 0.25) is 0 Å². The topological polar surface area (TPSA) is 62.3 Å². The second-order valence-corrected chi connectivity index (χ2v) is 3.91. The molecular weight excluding hydrogens is 270 g/mol. The first-order valence-electron chi connectivity index (χ1n) is 5.34. The zero-order chi connectivity index (χ0) is 14.6. The van der Waals surface area contributed by atoms with Gasteiger partial charge in [0.1, 0.15) is 6.61 Å². The van der Waals surface area contributed by atoms with Gasteiger partial charge in [-0.3, -0.25) is 4.68 Å². The van der Waals surface area contributed by atoms with Gasteiger partial charge in [-0.15, -0.1) is 0 Å². The fourth-order valence-electron chi connectivity index (χ4n) is 1.47. The zero-order valence-corrected chi connectivity index (χ0v) is 10.4. The Morgan fingerprint density at radius 2 is 2.11 bits per heavy atom. The van der Waals surface area contributed by atoms with E-state index in [0.29, 0.717) is 11.4 Å². The third kappa shape index (κ3) is 3.80. The van der Waals surface area contributed by atoms with Gasteiger partial charge in [0, 0.05) is 7.05 Å². The van der Waals surface area contributed by atoms with Gasteiger partial charge in [0.05, 0.1) is 31.6 Å². The van der Waals surface area contributed by atoms with Gasteiger partial charge in [-0.25, -0.2) is 8.78 Å². The van der Waals surface area contributed by atoms with Gasteiger partial charge in [0.2, 0.25) is 0 Å². The van der Waals surface area contributed by atoms with Gasteiger partial charge < -0.3 is 15.2 Å². The van der Waals surface area contributed by atoms with E-state index in [1.54, 1.807) is 7.05 Å². The van der Waals surface area contributed by atoms with Crippen molar-refractivity contribution in [1.82, 2.24) is 9.78 Å². The SMILES string of the molecule is COc1cnn(C)c1C(N)COCC(F)(F)C(F)F.